The number of hydrogen-bond donors (Lipinski definition) is 1. The molecule has 1 fully saturated rings. The Bertz CT molecular complexity index is 462. The van der Waals surface area contributed by atoms with Crippen LogP contribution in [0.25, 0.3) is 0 Å². The van der Waals surface area contributed by atoms with Crippen molar-refractivity contribution in [2.24, 2.45) is 10.9 Å². The highest BCUT2D eigenvalue weighted by atomic mass is 16.5. The molecule has 2 rings (SSSR count). The van der Waals surface area contributed by atoms with Crippen LogP contribution in [0.2, 0.25) is 0 Å². The molecule has 0 atom stereocenters. The summed E-state index contributed by atoms with van der Waals surface area (Å²) in [5.41, 5.74) is 2.49. The van der Waals surface area contributed by atoms with E-state index in [4.69, 9.17) is 4.74 Å². The van der Waals surface area contributed by atoms with Crippen molar-refractivity contribution >= 4 is 5.96 Å². The van der Waals surface area contributed by atoms with Crippen LogP contribution in [0.1, 0.15) is 37.8 Å². The van der Waals surface area contributed by atoms with Crippen LogP contribution in [0.4, 0.5) is 0 Å². The van der Waals surface area contributed by atoms with E-state index in [-0.39, 0.29) is 0 Å². The van der Waals surface area contributed by atoms with Crippen LogP contribution in [0.15, 0.2) is 29.3 Å². The smallest absolute Gasteiger partial charge is 0.193 e. The minimum absolute atomic E-state index is 0.692. The van der Waals surface area contributed by atoms with E-state index in [1.807, 2.05) is 14.0 Å². The minimum atomic E-state index is 0.692. The Kier molecular flexibility index (Phi) is 6.72. The fraction of sp³-hybridized carbons (Fsp3) is 0.611. The van der Waals surface area contributed by atoms with Crippen molar-refractivity contribution in [1.82, 2.24) is 10.2 Å². The van der Waals surface area contributed by atoms with Gasteiger partial charge in [0.1, 0.15) is 0 Å². The van der Waals surface area contributed by atoms with Crippen molar-refractivity contribution < 1.29 is 4.74 Å². The molecule has 0 aromatic heterocycles. The normalized spacial score (nSPS) is 16.9. The summed E-state index contributed by atoms with van der Waals surface area (Å²) in [5, 5.41) is 3.48. The van der Waals surface area contributed by atoms with Crippen LogP contribution in [-0.2, 0) is 17.9 Å². The maximum Gasteiger partial charge on any atom is 0.193 e. The highest BCUT2D eigenvalue weighted by Gasteiger charge is 2.18. The van der Waals surface area contributed by atoms with Gasteiger partial charge in [0.05, 0.1) is 6.61 Å². The molecule has 1 aromatic rings. The number of rotatable bonds is 5. The van der Waals surface area contributed by atoms with Crippen molar-refractivity contribution in [3.05, 3.63) is 35.4 Å². The fourth-order valence-electron chi connectivity index (χ4n) is 2.71. The van der Waals surface area contributed by atoms with Gasteiger partial charge in [0.15, 0.2) is 5.96 Å². The predicted octanol–water partition coefficient (Wildman–Crippen LogP) is 3.03. The molecule has 0 bridgehead atoms. The van der Waals surface area contributed by atoms with E-state index in [1.165, 1.54) is 24.0 Å². The first kappa shape index (κ1) is 16.8. The number of benzene rings is 1. The molecule has 0 unspecified atom stereocenters. The van der Waals surface area contributed by atoms with Crippen molar-refractivity contribution in [2.45, 2.75) is 39.8 Å². The summed E-state index contributed by atoms with van der Waals surface area (Å²) >= 11 is 0. The number of guanidine groups is 1. The molecule has 0 amide bonds. The van der Waals surface area contributed by atoms with Gasteiger partial charge in [0.25, 0.3) is 0 Å². The van der Waals surface area contributed by atoms with Crippen LogP contribution >= 0.6 is 0 Å². The van der Waals surface area contributed by atoms with Crippen LogP contribution in [-0.4, -0.2) is 37.6 Å². The highest BCUT2D eigenvalue weighted by Crippen LogP contribution is 2.16. The molecule has 122 valence electrons. The molecule has 4 nitrogen and oxygen atoms in total. The lowest BCUT2D eigenvalue weighted by Gasteiger charge is -2.32. The Morgan fingerprint density at radius 2 is 1.86 bits per heavy atom. The van der Waals surface area contributed by atoms with Crippen LogP contribution < -0.4 is 5.32 Å². The zero-order valence-corrected chi connectivity index (χ0v) is 14.1. The predicted molar refractivity (Wildman–Crippen MR) is 91.9 cm³/mol. The number of nitrogens with zero attached hydrogens (tertiary/aromatic N) is 2. The summed E-state index contributed by atoms with van der Waals surface area (Å²) in [5.74, 6) is 1.86. The third kappa shape index (κ3) is 5.02. The second-order valence-corrected chi connectivity index (χ2v) is 6.02. The number of piperidine rings is 1. The molecule has 1 N–H and O–H groups in total. The Morgan fingerprint density at radius 1 is 1.23 bits per heavy atom. The zero-order valence-electron chi connectivity index (χ0n) is 14.1. The molecule has 22 heavy (non-hydrogen) atoms. The average molecular weight is 303 g/mol. The van der Waals surface area contributed by atoms with E-state index < -0.39 is 0 Å². The zero-order chi connectivity index (χ0) is 15.8. The summed E-state index contributed by atoms with van der Waals surface area (Å²) in [7, 11) is 1.87. The van der Waals surface area contributed by atoms with Crippen LogP contribution in [0.5, 0.6) is 0 Å². The van der Waals surface area contributed by atoms with Crippen molar-refractivity contribution in [1.29, 1.82) is 0 Å². The van der Waals surface area contributed by atoms with Gasteiger partial charge in [0, 0.05) is 33.3 Å². The molecule has 1 heterocycles. The van der Waals surface area contributed by atoms with Crippen molar-refractivity contribution in [3.8, 4) is 0 Å². The van der Waals surface area contributed by atoms with Crippen LogP contribution in [0.3, 0.4) is 0 Å². The highest BCUT2D eigenvalue weighted by molar-refractivity contribution is 5.79. The summed E-state index contributed by atoms with van der Waals surface area (Å²) in [6, 6.07) is 8.59. The molecule has 0 aliphatic carbocycles. The SMILES string of the molecule is CCOCc1ccc(CNC(=NC)N2CCC(C)CC2)cc1. The maximum absolute atomic E-state index is 5.42. The molecule has 0 radical (unpaired) electrons. The fourth-order valence-corrected chi connectivity index (χ4v) is 2.71. The lowest BCUT2D eigenvalue weighted by molar-refractivity contribution is 0.134. The Hall–Kier alpha value is -1.55. The second kappa shape index (κ2) is 8.79. The molecule has 0 saturated carbocycles. The average Bonchev–Trinajstić information content (AvgIpc) is 2.56. The van der Waals surface area contributed by atoms with Crippen molar-refractivity contribution in [3.63, 3.8) is 0 Å². The van der Waals surface area contributed by atoms with Gasteiger partial charge >= 0.3 is 0 Å². The van der Waals surface area contributed by atoms with Gasteiger partial charge in [-0.1, -0.05) is 31.2 Å². The molecule has 1 aromatic carbocycles. The van der Waals surface area contributed by atoms with E-state index in [1.54, 1.807) is 0 Å². The summed E-state index contributed by atoms with van der Waals surface area (Å²) in [4.78, 5) is 6.79. The van der Waals surface area contributed by atoms with Gasteiger partial charge in [-0.05, 0) is 36.8 Å². The van der Waals surface area contributed by atoms with Crippen molar-refractivity contribution in [2.75, 3.05) is 26.7 Å². The monoisotopic (exact) mass is 303 g/mol. The first-order valence-corrected chi connectivity index (χ1v) is 8.34. The van der Waals surface area contributed by atoms with Gasteiger partial charge in [-0.3, -0.25) is 4.99 Å². The first-order chi connectivity index (χ1) is 10.7. The van der Waals surface area contributed by atoms with E-state index in [0.717, 1.165) is 38.1 Å². The number of hydrogen-bond acceptors (Lipinski definition) is 2. The quantitative estimate of drug-likeness (QED) is 0.671. The van der Waals surface area contributed by atoms with E-state index in [0.29, 0.717) is 6.61 Å². The molecular formula is C18H29N3O. The maximum atomic E-state index is 5.42. The van der Waals surface area contributed by atoms with Gasteiger partial charge < -0.3 is 15.0 Å². The third-order valence-corrected chi connectivity index (χ3v) is 4.24. The summed E-state index contributed by atoms with van der Waals surface area (Å²) in [6.45, 7) is 8.82. The van der Waals surface area contributed by atoms with E-state index in [9.17, 15) is 0 Å². The number of likely N-dealkylation sites (tertiary alicyclic amines) is 1. The molecule has 1 aliphatic heterocycles. The Labute approximate surface area is 134 Å². The van der Waals surface area contributed by atoms with Gasteiger partial charge in [-0.2, -0.15) is 0 Å². The Morgan fingerprint density at radius 3 is 2.45 bits per heavy atom. The number of ether oxygens (including phenoxy) is 1. The third-order valence-electron chi connectivity index (χ3n) is 4.24. The topological polar surface area (TPSA) is 36.9 Å². The van der Waals surface area contributed by atoms with E-state index in [2.05, 4.69) is 46.4 Å². The minimum Gasteiger partial charge on any atom is -0.377 e. The number of aliphatic imine (C=N–C) groups is 1. The molecule has 0 spiro atoms. The second-order valence-electron chi connectivity index (χ2n) is 6.02. The molecular weight excluding hydrogens is 274 g/mol. The lowest BCUT2D eigenvalue weighted by Crippen LogP contribution is -2.45. The van der Waals surface area contributed by atoms with Gasteiger partial charge in [-0.25, -0.2) is 0 Å². The van der Waals surface area contributed by atoms with Crippen LogP contribution in [0, 0.1) is 5.92 Å². The molecule has 4 heteroatoms. The molecule has 1 saturated heterocycles. The summed E-state index contributed by atoms with van der Waals surface area (Å²) < 4.78 is 5.42. The lowest BCUT2D eigenvalue weighted by atomic mass is 9.99. The first-order valence-electron chi connectivity index (χ1n) is 8.34. The van der Waals surface area contributed by atoms with Gasteiger partial charge in [-0.15, -0.1) is 0 Å². The largest absolute Gasteiger partial charge is 0.377 e. The van der Waals surface area contributed by atoms with Gasteiger partial charge in [0.2, 0.25) is 0 Å². The summed E-state index contributed by atoms with van der Waals surface area (Å²) in [6.07, 6.45) is 2.51. The molecule has 1 aliphatic rings. The van der Waals surface area contributed by atoms with E-state index >= 15 is 0 Å². The standard InChI is InChI=1S/C18H29N3O/c1-4-22-14-17-7-5-16(6-8-17)13-20-18(19-3)21-11-9-15(2)10-12-21/h5-8,15H,4,9-14H2,1-3H3,(H,19,20). The Balaban J connectivity index is 1.83. The number of nitrogens with one attached hydrogen (secondary N) is 1.